The summed E-state index contributed by atoms with van der Waals surface area (Å²) in [5, 5.41) is 0.737. The molecule has 0 unspecified atom stereocenters. The van der Waals surface area contributed by atoms with Gasteiger partial charge >= 0.3 is 0 Å². The van der Waals surface area contributed by atoms with Gasteiger partial charge in [-0.25, -0.2) is 9.37 Å². The molecule has 0 fully saturated rings. The Morgan fingerprint density at radius 1 is 1.38 bits per heavy atom. The first-order chi connectivity index (χ1) is 7.77. The maximum atomic E-state index is 13.6. The van der Waals surface area contributed by atoms with Crippen molar-refractivity contribution < 1.29 is 4.39 Å². The minimum Gasteiger partial charge on any atom is -0.398 e. The van der Waals surface area contributed by atoms with Gasteiger partial charge in [-0.3, -0.25) is 0 Å². The Kier molecular flexibility index (Phi) is 2.24. The zero-order valence-electron chi connectivity index (χ0n) is 8.66. The molecule has 2 N–H and O–H groups in total. The molecule has 2 aromatic rings. The molecule has 4 heteroatoms. The van der Waals surface area contributed by atoms with Crippen LogP contribution in [0.5, 0.6) is 0 Å². The normalized spacial score (nSPS) is 15.1. The van der Waals surface area contributed by atoms with Crippen LogP contribution >= 0.6 is 11.8 Å². The summed E-state index contributed by atoms with van der Waals surface area (Å²) in [5.74, 6) is 1.64. The van der Waals surface area contributed by atoms with Crippen LogP contribution in [0.2, 0.25) is 0 Å². The fourth-order valence-electron chi connectivity index (χ4n) is 2.08. The second kappa shape index (κ2) is 3.63. The SMILES string of the molecule is Nc1c2c(nc3c(F)cccc13)CCSC2. The van der Waals surface area contributed by atoms with Gasteiger partial charge in [-0.1, -0.05) is 12.1 Å². The van der Waals surface area contributed by atoms with E-state index in [0.717, 1.165) is 34.6 Å². The molecule has 16 heavy (non-hydrogen) atoms. The molecule has 0 spiro atoms. The second-order valence-corrected chi connectivity index (χ2v) is 4.99. The highest BCUT2D eigenvalue weighted by Gasteiger charge is 2.17. The van der Waals surface area contributed by atoms with Gasteiger partial charge in [-0.05, 0) is 18.2 Å². The van der Waals surface area contributed by atoms with Gasteiger partial charge in [0.15, 0.2) is 0 Å². The van der Waals surface area contributed by atoms with Crippen molar-refractivity contribution in [2.24, 2.45) is 0 Å². The second-order valence-electron chi connectivity index (χ2n) is 3.89. The van der Waals surface area contributed by atoms with Crippen LogP contribution in [0, 0.1) is 5.82 Å². The van der Waals surface area contributed by atoms with Gasteiger partial charge in [-0.2, -0.15) is 11.8 Å². The molecule has 0 radical (unpaired) electrons. The zero-order chi connectivity index (χ0) is 11.1. The Bertz CT molecular complexity index is 568. The number of rotatable bonds is 0. The molecular formula is C12H11FN2S. The molecule has 1 aliphatic heterocycles. The minimum atomic E-state index is -0.287. The smallest absolute Gasteiger partial charge is 0.149 e. The summed E-state index contributed by atoms with van der Waals surface area (Å²) in [5.41, 5.74) is 9.26. The predicted molar refractivity (Wildman–Crippen MR) is 66.0 cm³/mol. The van der Waals surface area contributed by atoms with E-state index in [2.05, 4.69) is 4.98 Å². The molecule has 0 amide bonds. The molecule has 0 bridgehead atoms. The number of benzene rings is 1. The lowest BCUT2D eigenvalue weighted by atomic mass is 10.1. The Labute approximate surface area is 97.1 Å². The Morgan fingerprint density at radius 3 is 3.12 bits per heavy atom. The average molecular weight is 234 g/mol. The summed E-state index contributed by atoms with van der Waals surface area (Å²) in [6.45, 7) is 0. The number of thioether (sulfide) groups is 1. The van der Waals surface area contributed by atoms with E-state index >= 15 is 0 Å². The topological polar surface area (TPSA) is 38.9 Å². The first-order valence-electron chi connectivity index (χ1n) is 5.20. The third kappa shape index (κ3) is 1.37. The average Bonchev–Trinajstić information content (AvgIpc) is 2.31. The molecule has 3 rings (SSSR count). The van der Waals surface area contributed by atoms with Gasteiger partial charge in [0.1, 0.15) is 11.3 Å². The molecule has 2 nitrogen and oxygen atoms in total. The first-order valence-corrected chi connectivity index (χ1v) is 6.36. The van der Waals surface area contributed by atoms with Crippen LogP contribution in [-0.2, 0) is 12.2 Å². The van der Waals surface area contributed by atoms with Crippen molar-refractivity contribution in [2.75, 3.05) is 11.5 Å². The molecule has 0 saturated carbocycles. The fourth-order valence-corrected chi connectivity index (χ4v) is 3.09. The van der Waals surface area contributed by atoms with Gasteiger partial charge < -0.3 is 5.73 Å². The molecule has 1 aliphatic rings. The minimum absolute atomic E-state index is 0.287. The summed E-state index contributed by atoms with van der Waals surface area (Å²) < 4.78 is 13.6. The third-order valence-electron chi connectivity index (χ3n) is 2.93. The van der Waals surface area contributed by atoms with Crippen LogP contribution in [0.3, 0.4) is 0 Å². The van der Waals surface area contributed by atoms with Gasteiger partial charge in [0.05, 0.1) is 0 Å². The number of nitrogens with zero attached hydrogens (tertiary/aromatic N) is 1. The highest BCUT2D eigenvalue weighted by molar-refractivity contribution is 7.98. The molecule has 0 aliphatic carbocycles. The molecule has 1 aromatic carbocycles. The lowest BCUT2D eigenvalue weighted by Gasteiger charge is -2.18. The number of anilines is 1. The standard InChI is InChI=1S/C12H11FN2S/c13-9-3-1-2-7-11(14)8-6-16-5-4-10(8)15-12(7)9/h1-3H,4-6H2,(H2,14,15). The summed E-state index contributed by atoms with van der Waals surface area (Å²) in [7, 11) is 0. The van der Waals surface area contributed by atoms with Crippen molar-refractivity contribution in [3.63, 3.8) is 0 Å². The molecular weight excluding hydrogens is 223 g/mol. The van der Waals surface area contributed by atoms with E-state index in [0.29, 0.717) is 11.2 Å². The lowest BCUT2D eigenvalue weighted by Crippen LogP contribution is -2.09. The highest BCUT2D eigenvalue weighted by atomic mass is 32.2. The van der Waals surface area contributed by atoms with Crippen molar-refractivity contribution in [1.29, 1.82) is 0 Å². The Balaban J connectivity index is 2.39. The number of hydrogen-bond donors (Lipinski definition) is 1. The van der Waals surface area contributed by atoms with Gasteiger partial charge in [0.2, 0.25) is 0 Å². The molecule has 0 atom stereocenters. The fraction of sp³-hybridized carbons (Fsp3) is 0.250. The number of nitrogens with two attached hydrogens (primary N) is 1. The van der Waals surface area contributed by atoms with E-state index in [1.165, 1.54) is 6.07 Å². The van der Waals surface area contributed by atoms with E-state index in [-0.39, 0.29) is 5.82 Å². The van der Waals surface area contributed by atoms with Gasteiger partial charge in [-0.15, -0.1) is 0 Å². The predicted octanol–water partition coefficient (Wildman–Crippen LogP) is 2.75. The van der Waals surface area contributed by atoms with Crippen LogP contribution in [0.25, 0.3) is 10.9 Å². The van der Waals surface area contributed by atoms with E-state index in [1.54, 1.807) is 6.07 Å². The van der Waals surface area contributed by atoms with Gasteiger partial charge in [0.25, 0.3) is 0 Å². The number of hydrogen-bond acceptors (Lipinski definition) is 3. The summed E-state index contributed by atoms with van der Waals surface area (Å²) >= 11 is 1.85. The number of aromatic nitrogens is 1. The summed E-state index contributed by atoms with van der Waals surface area (Å²) in [4.78, 5) is 4.41. The van der Waals surface area contributed by atoms with E-state index in [4.69, 9.17) is 5.73 Å². The number of pyridine rings is 1. The number of aryl methyl sites for hydroxylation is 1. The van der Waals surface area contributed by atoms with E-state index < -0.39 is 0 Å². The number of halogens is 1. The number of fused-ring (bicyclic) bond motifs is 2. The van der Waals surface area contributed by atoms with Crippen LogP contribution in [0.15, 0.2) is 18.2 Å². The van der Waals surface area contributed by atoms with Crippen LogP contribution < -0.4 is 5.73 Å². The maximum Gasteiger partial charge on any atom is 0.149 e. The van der Waals surface area contributed by atoms with E-state index in [9.17, 15) is 4.39 Å². The first kappa shape index (κ1) is 9.90. The van der Waals surface area contributed by atoms with Crippen LogP contribution in [-0.4, -0.2) is 10.7 Å². The van der Waals surface area contributed by atoms with Crippen LogP contribution in [0.1, 0.15) is 11.3 Å². The van der Waals surface area contributed by atoms with E-state index in [1.807, 2.05) is 17.8 Å². The Morgan fingerprint density at radius 2 is 2.25 bits per heavy atom. The van der Waals surface area contributed by atoms with Crippen LogP contribution in [0.4, 0.5) is 10.1 Å². The molecule has 0 saturated heterocycles. The third-order valence-corrected chi connectivity index (χ3v) is 3.91. The molecule has 1 aromatic heterocycles. The summed E-state index contributed by atoms with van der Waals surface area (Å²) in [6.07, 6.45) is 0.883. The molecule has 82 valence electrons. The number of para-hydroxylation sites is 1. The van der Waals surface area contributed by atoms with Gasteiger partial charge in [0, 0.05) is 28.1 Å². The summed E-state index contributed by atoms with van der Waals surface area (Å²) in [6, 6.07) is 4.94. The van der Waals surface area contributed by atoms with Crippen molar-refractivity contribution in [3.8, 4) is 0 Å². The van der Waals surface area contributed by atoms with Crippen molar-refractivity contribution in [1.82, 2.24) is 4.98 Å². The quantitative estimate of drug-likeness (QED) is 0.761. The highest BCUT2D eigenvalue weighted by Crippen LogP contribution is 2.33. The maximum absolute atomic E-state index is 13.6. The van der Waals surface area contributed by atoms with Crippen molar-refractivity contribution in [2.45, 2.75) is 12.2 Å². The molecule has 2 heterocycles. The largest absolute Gasteiger partial charge is 0.398 e. The number of nitrogen functional groups attached to an aromatic ring is 1. The van der Waals surface area contributed by atoms with Crippen molar-refractivity contribution >= 4 is 28.4 Å². The van der Waals surface area contributed by atoms with Crippen molar-refractivity contribution in [3.05, 3.63) is 35.3 Å². The monoisotopic (exact) mass is 234 g/mol. The zero-order valence-corrected chi connectivity index (χ0v) is 9.48. The lowest BCUT2D eigenvalue weighted by molar-refractivity contribution is 0.636. The Hall–Kier alpha value is -1.29.